The summed E-state index contributed by atoms with van der Waals surface area (Å²) < 4.78 is 0. The van der Waals surface area contributed by atoms with Crippen molar-refractivity contribution in [2.45, 2.75) is 6.92 Å². The second-order valence-corrected chi connectivity index (χ2v) is 3.26. The minimum Gasteiger partial charge on any atom is -0.282 e. The van der Waals surface area contributed by atoms with E-state index in [0.29, 0.717) is 5.02 Å². The highest BCUT2D eigenvalue weighted by Crippen LogP contribution is 2.19. The van der Waals surface area contributed by atoms with E-state index in [9.17, 15) is 0 Å². The molecule has 2 aromatic rings. The number of aromatic nitrogens is 3. The molecule has 2 aromatic heterocycles. The van der Waals surface area contributed by atoms with Crippen molar-refractivity contribution >= 4 is 11.6 Å². The molecule has 2 heterocycles. The smallest absolute Gasteiger partial charge is 0.0939 e. The monoisotopic (exact) mass is 193 g/mol. The molecule has 2 rings (SSSR count). The van der Waals surface area contributed by atoms with E-state index < -0.39 is 0 Å². The van der Waals surface area contributed by atoms with E-state index >= 15 is 0 Å². The van der Waals surface area contributed by atoms with Crippen molar-refractivity contribution in [3.8, 4) is 11.3 Å². The van der Waals surface area contributed by atoms with E-state index in [2.05, 4.69) is 15.2 Å². The number of H-pyrrole nitrogens is 1. The Labute approximate surface area is 80.8 Å². The van der Waals surface area contributed by atoms with Crippen LogP contribution in [-0.4, -0.2) is 15.2 Å². The Bertz CT molecular complexity index is 422. The lowest BCUT2D eigenvalue weighted by Crippen LogP contribution is -1.79. The van der Waals surface area contributed by atoms with Gasteiger partial charge in [0, 0.05) is 23.7 Å². The third-order valence-corrected chi connectivity index (χ3v) is 1.91. The van der Waals surface area contributed by atoms with Crippen LogP contribution in [-0.2, 0) is 0 Å². The zero-order chi connectivity index (χ0) is 9.26. The second-order valence-electron chi connectivity index (χ2n) is 2.83. The van der Waals surface area contributed by atoms with Crippen molar-refractivity contribution in [2.75, 3.05) is 0 Å². The van der Waals surface area contributed by atoms with Gasteiger partial charge in [0.1, 0.15) is 0 Å². The van der Waals surface area contributed by atoms with E-state index in [1.807, 2.05) is 19.1 Å². The molecule has 0 aromatic carbocycles. The van der Waals surface area contributed by atoms with Crippen LogP contribution in [0.25, 0.3) is 11.3 Å². The Balaban J connectivity index is 2.46. The topological polar surface area (TPSA) is 41.6 Å². The summed E-state index contributed by atoms with van der Waals surface area (Å²) in [6, 6.07) is 3.79. The molecule has 0 saturated carbocycles. The molecule has 3 nitrogen and oxygen atoms in total. The molecule has 0 spiro atoms. The summed E-state index contributed by atoms with van der Waals surface area (Å²) in [5.74, 6) is 0. The van der Waals surface area contributed by atoms with Crippen LogP contribution < -0.4 is 0 Å². The Morgan fingerprint density at radius 2 is 2.15 bits per heavy atom. The third kappa shape index (κ3) is 1.70. The SMILES string of the molecule is Cc1cc(-c2cncc(Cl)c2)n[nH]1. The number of nitrogens with zero attached hydrogens (tertiary/aromatic N) is 2. The summed E-state index contributed by atoms with van der Waals surface area (Å²) >= 11 is 5.80. The normalized spacial score (nSPS) is 10.3. The standard InChI is InChI=1S/C9H8ClN3/c1-6-2-9(13-12-6)7-3-8(10)5-11-4-7/h2-5H,1H3,(H,12,13). The van der Waals surface area contributed by atoms with Crippen LogP contribution in [0.15, 0.2) is 24.5 Å². The van der Waals surface area contributed by atoms with E-state index in [1.54, 1.807) is 12.4 Å². The van der Waals surface area contributed by atoms with Crippen LogP contribution in [0.5, 0.6) is 0 Å². The van der Waals surface area contributed by atoms with Crippen molar-refractivity contribution in [1.82, 2.24) is 15.2 Å². The molecule has 0 unspecified atom stereocenters. The lowest BCUT2D eigenvalue weighted by atomic mass is 10.2. The van der Waals surface area contributed by atoms with E-state index in [0.717, 1.165) is 17.0 Å². The van der Waals surface area contributed by atoms with Crippen molar-refractivity contribution in [3.63, 3.8) is 0 Å². The molecule has 0 amide bonds. The van der Waals surface area contributed by atoms with Gasteiger partial charge in [-0.3, -0.25) is 10.1 Å². The molecule has 1 N–H and O–H groups in total. The molecular formula is C9H8ClN3. The first-order valence-corrected chi connectivity index (χ1v) is 4.26. The number of aromatic amines is 1. The number of hydrogen-bond acceptors (Lipinski definition) is 2. The lowest BCUT2D eigenvalue weighted by molar-refractivity contribution is 1.05. The minimum absolute atomic E-state index is 0.623. The van der Waals surface area contributed by atoms with Gasteiger partial charge in [-0.25, -0.2) is 0 Å². The molecule has 0 fully saturated rings. The molecule has 0 atom stereocenters. The van der Waals surface area contributed by atoms with Crippen LogP contribution in [0.4, 0.5) is 0 Å². The summed E-state index contributed by atoms with van der Waals surface area (Å²) in [6.07, 6.45) is 3.34. The number of rotatable bonds is 1. The Hall–Kier alpha value is -1.35. The van der Waals surface area contributed by atoms with Crippen molar-refractivity contribution < 1.29 is 0 Å². The summed E-state index contributed by atoms with van der Waals surface area (Å²) in [7, 11) is 0. The first kappa shape index (κ1) is 8.26. The third-order valence-electron chi connectivity index (χ3n) is 1.71. The minimum atomic E-state index is 0.623. The van der Waals surface area contributed by atoms with E-state index in [1.165, 1.54) is 0 Å². The summed E-state index contributed by atoms with van der Waals surface area (Å²) in [4.78, 5) is 3.98. The fourth-order valence-corrected chi connectivity index (χ4v) is 1.29. The maximum atomic E-state index is 5.80. The molecule has 0 bridgehead atoms. The second kappa shape index (κ2) is 3.18. The van der Waals surface area contributed by atoms with Gasteiger partial charge < -0.3 is 0 Å². The zero-order valence-electron chi connectivity index (χ0n) is 7.08. The molecule has 0 radical (unpaired) electrons. The van der Waals surface area contributed by atoms with Crippen molar-refractivity contribution in [1.29, 1.82) is 0 Å². The summed E-state index contributed by atoms with van der Waals surface area (Å²) in [6.45, 7) is 1.95. The molecular weight excluding hydrogens is 186 g/mol. The van der Waals surface area contributed by atoms with Gasteiger partial charge in [-0.1, -0.05) is 11.6 Å². The quantitative estimate of drug-likeness (QED) is 0.756. The molecule has 0 saturated heterocycles. The maximum absolute atomic E-state index is 5.80. The Morgan fingerprint density at radius 1 is 1.31 bits per heavy atom. The highest BCUT2D eigenvalue weighted by Gasteiger charge is 2.01. The predicted molar refractivity (Wildman–Crippen MR) is 51.6 cm³/mol. The van der Waals surface area contributed by atoms with Crippen molar-refractivity contribution in [2.24, 2.45) is 0 Å². The largest absolute Gasteiger partial charge is 0.282 e. The van der Waals surface area contributed by atoms with Crippen molar-refractivity contribution in [3.05, 3.63) is 35.2 Å². The van der Waals surface area contributed by atoms with Gasteiger partial charge in [0.15, 0.2) is 0 Å². The maximum Gasteiger partial charge on any atom is 0.0939 e. The number of nitrogens with one attached hydrogen (secondary N) is 1. The highest BCUT2D eigenvalue weighted by atomic mass is 35.5. The van der Waals surface area contributed by atoms with Gasteiger partial charge in [0.2, 0.25) is 0 Å². The molecule has 13 heavy (non-hydrogen) atoms. The van der Waals surface area contributed by atoms with Gasteiger partial charge in [-0.05, 0) is 19.1 Å². The number of pyridine rings is 1. The molecule has 0 aliphatic carbocycles. The molecule has 66 valence electrons. The summed E-state index contributed by atoms with van der Waals surface area (Å²) in [5, 5.41) is 7.59. The van der Waals surface area contributed by atoms with E-state index in [4.69, 9.17) is 11.6 Å². The Kier molecular flexibility index (Phi) is 2.02. The van der Waals surface area contributed by atoms with Gasteiger partial charge in [0.25, 0.3) is 0 Å². The first-order chi connectivity index (χ1) is 6.25. The van der Waals surface area contributed by atoms with E-state index in [-0.39, 0.29) is 0 Å². The van der Waals surface area contributed by atoms with Crippen LogP contribution in [0.3, 0.4) is 0 Å². The van der Waals surface area contributed by atoms with Gasteiger partial charge >= 0.3 is 0 Å². The van der Waals surface area contributed by atoms with Crippen LogP contribution in [0.1, 0.15) is 5.69 Å². The first-order valence-electron chi connectivity index (χ1n) is 3.88. The fraction of sp³-hybridized carbons (Fsp3) is 0.111. The van der Waals surface area contributed by atoms with Crippen LogP contribution in [0, 0.1) is 6.92 Å². The molecule has 4 heteroatoms. The van der Waals surface area contributed by atoms with Crippen LogP contribution >= 0.6 is 11.6 Å². The van der Waals surface area contributed by atoms with Gasteiger partial charge in [-0.15, -0.1) is 0 Å². The zero-order valence-corrected chi connectivity index (χ0v) is 7.84. The van der Waals surface area contributed by atoms with Gasteiger partial charge in [0.05, 0.1) is 10.7 Å². The average molecular weight is 194 g/mol. The predicted octanol–water partition coefficient (Wildman–Crippen LogP) is 2.43. The van der Waals surface area contributed by atoms with Gasteiger partial charge in [-0.2, -0.15) is 5.10 Å². The number of halogens is 1. The lowest BCUT2D eigenvalue weighted by Gasteiger charge is -1.94. The average Bonchev–Trinajstić information content (AvgIpc) is 2.52. The number of aryl methyl sites for hydroxylation is 1. The summed E-state index contributed by atoms with van der Waals surface area (Å²) in [5.41, 5.74) is 2.82. The highest BCUT2D eigenvalue weighted by molar-refractivity contribution is 6.30. The molecule has 0 aliphatic rings. The fourth-order valence-electron chi connectivity index (χ4n) is 1.12. The Morgan fingerprint density at radius 3 is 2.77 bits per heavy atom. The molecule has 0 aliphatic heterocycles. The van der Waals surface area contributed by atoms with Crippen LogP contribution in [0.2, 0.25) is 5.02 Å². The number of hydrogen-bond donors (Lipinski definition) is 1.